The van der Waals surface area contributed by atoms with Gasteiger partial charge in [-0.3, -0.25) is 9.78 Å². The van der Waals surface area contributed by atoms with Gasteiger partial charge in [0.1, 0.15) is 11.8 Å². The number of carbonyl (C=O) groups is 1. The van der Waals surface area contributed by atoms with E-state index >= 15 is 0 Å². The normalized spacial score (nSPS) is 20.2. The molecular formula is C27H31N5O2S. The van der Waals surface area contributed by atoms with E-state index in [-0.39, 0.29) is 18.0 Å². The Bertz CT molecular complexity index is 1210. The second-order valence-electron chi connectivity index (χ2n) is 9.06. The van der Waals surface area contributed by atoms with Crippen molar-refractivity contribution in [2.24, 2.45) is 0 Å². The lowest BCUT2D eigenvalue weighted by Gasteiger charge is -2.30. The van der Waals surface area contributed by atoms with Gasteiger partial charge in [-0.1, -0.05) is 25.8 Å². The molecule has 0 unspecified atom stereocenters. The van der Waals surface area contributed by atoms with Crippen LogP contribution in [0.25, 0.3) is 0 Å². The Hall–Kier alpha value is -3.39. The number of ether oxygens (including phenoxy) is 1. The second kappa shape index (κ2) is 10.1. The zero-order chi connectivity index (χ0) is 24.4. The lowest BCUT2D eigenvalue weighted by Crippen LogP contribution is -2.30. The smallest absolute Gasteiger partial charge is 0.224 e. The Kier molecular flexibility index (Phi) is 6.72. The van der Waals surface area contributed by atoms with Crippen LogP contribution in [0.1, 0.15) is 68.5 Å². The van der Waals surface area contributed by atoms with Gasteiger partial charge >= 0.3 is 0 Å². The van der Waals surface area contributed by atoms with E-state index in [2.05, 4.69) is 43.4 Å². The van der Waals surface area contributed by atoms with Gasteiger partial charge in [-0.05, 0) is 61.5 Å². The van der Waals surface area contributed by atoms with Crippen LogP contribution >= 0.6 is 12.2 Å². The van der Waals surface area contributed by atoms with Crippen molar-refractivity contribution in [1.82, 2.24) is 14.9 Å². The Morgan fingerprint density at radius 1 is 1.20 bits per heavy atom. The highest BCUT2D eigenvalue weighted by Crippen LogP contribution is 2.45. The van der Waals surface area contributed by atoms with E-state index in [1.54, 1.807) is 7.11 Å². The predicted molar refractivity (Wildman–Crippen MR) is 142 cm³/mol. The lowest BCUT2D eigenvalue weighted by molar-refractivity contribution is -0.115. The van der Waals surface area contributed by atoms with Crippen LogP contribution in [0.3, 0.4) is 0 Å². The number of methoxy groups -OCH3 is 1. The summed E-state index contributed by atoms with van der Waals surface area (Å²) in [6.07, 6.45) is 9.34. The van der Waals surface area contributed by atoms with Crippen LogP contribution in [0.5, 0.6) is 5.75 Å². The molecular weight excluding hydrogens is 458 g/mol. The molecule has 2 atom stereocenters. The molecule has 1 saturated carbocycles. The molecule has 1 amide bonds. The maximum absolute atomic E-state index is 12.0. The summed E-state index contributed by atoms with van der Waals surface area (Å²) in [7, 11) is 1.61. The Balaban J connectivity index is 1.59. The number of thiocarbonyl (C=S) groups is 1. The van der Waals surface area contributed by atoms with Crippen molar-refractivity contribution >= 4 is 34.6 Å². The van der Waals surface area contributed by atoms with E-state index in [4.69, 9.17) is 17.0 Å². The molecule has 2 aromatic heterocycles. The molecule has 2 fully saturated rings. The quantitative estimate of drug-likeness (QED) is 0.425. The molecule has 1 aliphatic carbocycles. The summed E-state index contributed by atoms with van der Waals surface area (Å²) >= 11 is 5.90. The summed E-state index contributed by atoms with van der Waals surface area (Å²) in [6.45, 7) is 1.83. The molecule has 0 bridgehead atoms. The summed E-state index contributed by atoms with van der Waals surface area (Å²) < 4.78 is 8.08. The molecule has 3 heterocycles. The summed E-state index contributed by atoms with van der Waals surface area (Å²) in [6, 6.07) is 16.4. The van der Waals surface area contributed by atoms with Gasteiger partial charge in [0.2, 0.25) is 5.91 Å². The SMILES string of the molecule is CCC(=O)Nc1ccc(N2C(=S)N[C@H](c3ccccn3)[C@@H]2c2cccn2C2CCCC2)cc1OC. The Morgan fingerprint density at radius 3 is 2.74 bits per heavy atom. The molecule has 182 valence electrons. The van der Waals surface area contributed by atoms with Crippen LogP contribution in [-0.4, -0.2) is 27.7 Å². The van der Waals surface area contributed by atoms with Crippen LogP contribution < -0.4 is 20.3 Å². The first kappa shape index (κ1) is 23.4. The van der Waals surface area contributed by atoms with Gasteiger partial charge in [0.15, 0.2) is 5.11 Å². The van der Waals surface area contributed by atoms with Crippen molar-refractivity contribution in [3.05, 3.63) is 72.3 Å². The fourth-order valence-electron chi connectivity index (χ4n) is 5.28. The molecule has 7 nitrogen and oxygen atoms in total. The monoisotopic (exact) mass is 489 g/mol. The summed E-state index contributed by atoms with van der Waals surface area (Å²) in [5.74, 6) is 0.537. The predicted octanol–water partition coefficient (Wildman–Crippen LogP) is 5.53. The fourth-order valence-corrected chi connectivity index (χ4v) is 5.62. The largest absolute Gasteiger partial charge is 0.494 e. The third kappa shape index (κ3) is 4.50. The number of hydrogen-bond acceptors (Lipinski definition) is 4. The van der Waals surface area contributed by atoms with Crippen LogP contribution in [0.4, 0.5) is 11.4 Å². The van der Waals surface area contributed by atoms with Crippen molar-refractivity contribution in [3.8, 4) is 5.75 Å². The van der Waals surface area contributed by atoms with E-state index in [0.717, 1.165) is 11.4 Å². The molecule has 1 aromatic carbocycles. The number of pyridine rings is 1. The van der Waals surface area contributed by atoms with E-state index in [9.17, 15) is 4.79 Å². The molecule has 0 radical (unpaired) electrons. The summed E-state index contributed by atoms with van der Waals surface area (Å²) in [4.78, 5) is 18.8. The molecule has 35 heavy (non-hydrogen) atoms. The number of rotatable bonds is 7. The summed E-state index contributed by atoms with van der Waals surface area (Å²) in [5.41, 5.74) is 3.70. The van der Waals surface area contributed by atoms with E-state index in [1.807, 2.05) is 49.5 Å². The average Bonchev–Trinajstić information content (AvgIpc) is 3.64. The van der Waals surface area contributed by atoms with Gasteiger partial charge in [-0.15, -0.1) is 0 Å². The molecule has 8 heteroatoms. The number of carbonyl (C=O) groups excluding carboxylic acids is 1. The van der Waals surface area contributed by atoms with Gasteiger partial charge < -0.3 is 24.8 Å². The molecule has 0 spiro atoms. The van der Waals surface area contributed by atoms with Crippen molar-refractivity contribution in [1.29, 1.82) is 0 Å². The maximum atomic E-state index is 12.0. The first-order valence-corrected chi connectivity index (χ1v) is 12.7. The van der Waals surface area contributed by atoms with Crippen molar-refractivity contribution in [3.63, 3.8) is 0 Å². The number of nitrogens with zero attached hydrogens (tertiary/aromatic N) is 3. The molecule has 1 saturated heterocycles. The van der Waals surface area contributed by atoms with E-state index in [1.165, 1.54) is 31.4 Å². The minimum absolute atomic E-state index is 0.0584. The highest BCUT2D eigenvalue weighted by atomic mass is 32.1. The van der Waals surface area contributed by atoms with Crippen molar-refractivity contribution in [2.75, 3.05) is 17.3 Å². The van der Waals surface area contributed by atoms with Gasteiger partial charge in [0.05, 0.1) is 24.5 Å². The lowest BCUT2D eigenvalue weighted by atomic mass is 10.00. The number of nitrogens with one attached hydrogen (secondary N) is 2. The van der Waals surface area contributed by atoms with Crippen LogP contribution in [-0.2, 0) is 4.79 Å². The summed E-state index contributed by atoms with van der Waals surface area (Å²) in [5, 5.41) is 7.09. The number of benzene rings is 1. The topological polar surface area (TPSA) is 71.4 Å². The van der Waals surface area contributed by atoms with E-state index in [0.29, 0.717) is 29.0 Å². The maximum Gasteiger partial charge on any atom is 0.224 e. The zero-order valence-electron chi connectivity index (χ0n) is 20.1. The van der Waals surface area contributed by atoms with Gasteiger partial charge in [0, 0.05) is 42.3 Å². The fraction of sp³-hybridized carbons (Fsp3) is 0.370. The minimum Gasteiger partial charge on any atom is -0.494 e. The molecule has 1 aliphatic heterocycles. The molecule has 2 N–H and O–H groups in total. The second-order valence-corrected chi connectivity index (χ2v) is 9.45. The number of amides is 1. The first-order valence-electron chi connectivity index (χ1n) is 12.3. The number of aromatic nitrogens is 2. The number of anilines is 2. The number of hydrogen-bond donors (Lipinski definition) is 2. The Labute approximate surface area is 211 Å². The average molecular weight is 490 g/mol. The highest BCUT2D eigenvalue weighted by Gasteiger charge is 2.42. The standard InChI is InChI=1S/C27H31N5O2S/c1-3-24(33)29-20-14-13-19(17-23(20)34-2)32-26(22-12-8-16-31(22)18-9-4-5-10-18)25(30-27(32)35)21-11-6-7-15-28-21/h6-8,11-18,25-26H,3-5,9-10H2,1-2H3,(H,29,33)(H,30,35)/t25-,26+/m1/s1. The van der Waals surface area contributed by atoms with Gasteiger partial charge in [-0.25, -0.2) is 0 Å². The van der Waals surface area contributed by atoms with Crippen LogP contribution in [0.2, 0.25) is 0 Å². The van der Waals surface area contributed by atoms with Crippen molar-refractivity contribution < 1.29 is 9.53 Å². The van der Waals surface area contributed by atoms with Crippen LogP contribution in [0.15, 0.2) is 60.9 Å². The third-order valence-electron chi connectivity index (χ3n) is 6.99. The van der Waals surface area contributed by atoms with E-state index < -0.39 is 0 Å². The molecule has 5 rings (SSSR count). The van der Waals surface area contributed by atoms with Crippen molar-refractivity contribution in [2.45, 2.75) is 57.2 Å². The first-order chi connectivity index (χ1) is 17.1. The zero-order valence-corrected chi connectivity index (χ0v) is 20.9. The highest BCUT2D eigenvalue weighted by molar-refractivity contribution is 7.80. The molecule has 2 aliphatic rings. The van der Waals surface area contributed by atoms with Gasteiger partial charge in [-0.2, -0.15) is 0 Å². The Morgan fingerprint density at radius 2 is 2.03 bits per heavy atom. The van der Waals surface area contributed by atoms with Gasteiger partial charge in [0.25, 0.3) is 0 Å². The minimum atomic E-state index is -0.107. The molecule has 3 aromatic rings. The van der Waals surface area contributed by atoms with Crippen LogP contribution in [0, 0.1) is 0 Å². The third-order valence-corrected chi connectivity index (χ3v) is 7.30.